The molecule has 3 aromatic rings. The molecule has 1 atom stereocenters. The van der Waals surface area contributed by atoms with E-state index in [9.17, 15) is 4.79 Å². The topological polar surface area (TPSA) is 94.5 Å². The summed E-state index contributed by atoms with van der Waals surface area (Å²) in [5, 5.41) is 10.9. The highest BCUT2D eigenvalue weighted by molar-refractivity contribution is 7.99. The molecule has 1 unspecified atom stereocenters. The lowest BCUT2D eigenvalue weighted by Gasteiger charge is -2.21. The zero-order valence-corrected chi connectivity index (χ0v) is 18.8. The molecule has 0 aliphatic carbocycles. The molecule has 0 saturated heterocycles. The summed E-state index contributed by atoms with van der Waals surface area (Å²) < 4.78 is 0. The van der Waals surface area contributed by atoms with Gasteiger partial charge in [-0.15, -0.1) is 0 Å². The van der Waals surface area contributed by atoms with Crippen molar-refractivity contribution in [2.75, 3.05) is 22.6 Å². The van der Waals surface area contributed by atoms with E-state index in [4.69, 9.17) is 9.97 Å². The summed E-state index contributed by atoms with van der Waals surface area (Å²) in [5.41, 5.74) is 4.83. The van der Waals surface area contributed by atoms with Crippen LogP contribution in [-0.4, -0.2) is 35.3 Å². The van der Waals surface area contributed by atoms with Crippen molar-refractivity contribution < 1.29 is 4.79 Å². The van der Waals surface area contributed by atoms with Crippen molar-refractivity contribution in [3.05, 3.63) is 60.7 Å². The second-order valence-corrected chi connectivity index (χ2v) is 8.23. The summed E-state index contributed by atoms with van der Waals surface area (Å²) in [6, 6.07) is 19.7. The predicted octanol–water partition coefficient (Wildman–Crippen LogP) is 4.46. The maximum absolute atomic E-state index is 11.6. The van der Waals surface area contributed by atoms with Crippen LogP contribution in [0, 0.1) is 0 Å². The summed E-state index contributed by atoms with van der Waals surface area (Å²) >= 11 is 1.47. The van der Waals surface area contributed by atoms with E-state index in [-0.39, 0.29) is 12.1 Å². The third-order valence-corrected chi connectivity index (χ3v) is 5.71. The Morgan fingerprint density at radius 3 is 2.62 bits per heavy atom. The van der Waals surface area contributed by atoms with E-state index in [0.29, 0.717) is 11.6 Å². The van der Waals surface area contributed by atoms with Crippen LogP contribution in [0.4, 0.5) is 23.0 Å². The molecule has 4 rings (SSSR count). The summed E-state index contributed by atoms with van der Waals surface area (Å²) in [6.07, 6.45) is 3.06. The first-order valence-corrected chi connectivity index (χ1v) is 11.2. The molecule has 2 aromatic carbocycles. The Bertz CT molecular complexity index is 1080. The van der Waals surface area contributed by atoms with Crippen LogP contribution in [0.3, 0.4) is 0 Å². The molecular formula is C23H25N7OS. The molecule has 1 amide bonds. The SMILES string of the molecule is CCC(=O)Nc1ccc(Sc2nc(NC3CC=NN3)cc(N(C)c3ccccc3)n2)cc1. The third kappa shape index (κ3) is 5.55. The zero-order valence-electron chi connectivity index (χ0n) is 17.9. The number of anilines is 4. The Balaban J connectivity index is 1.57. The van der Waals surface area contributed by atoms with Crippen LogP contribution in [0.25, 0.3) is 0 Å². The molecule has 0 spiro atoms. The van der Waals surface area contributed by atoms with Gasteiger partial charge in [0.2, 0.25) is 5.91 Å². The maximum atomic E-state index is 11.6. The molecule has 0 radical (unpaired) electrons. The predicted molar refractivity (Wildman–Crippen MR) is 130 cm³/mol. The van der Waals surface area contributed by atoms with Gasteiger partial charge in [-0.25, -0.2) is 9.97 Å². The van der Waals surface area contributed by atoms with E-state index < -0.39 is 0 Å². The standard InChI is InChI=1S/C23H25N7OS/c1-3-22(31)25-16-9-11-18(12-10-16)32-23-27-20(26-19-13-14-24-29-19)15-21(28-23)30(2)17-7-5-4-6-8-17/h4-12,14-15,19,29H,3,13H2,1-2H3,(H,25,31)(H,26,27,28). The number of hydrogen-bond acceptors (Lipinski definition) is 8. The fraction of sp³-hybridized carbons (Fsp3) is 0.217. The normalized spacial score (nSPS) is 14.6. The Morgan fingerprint density at radius 1 is 1.16 bits per heavy atom. The molecule has 3 N–H and O–H groups in total. The second kappa shape index (κ2) is 10.1. The Labute approximate surface area is 191 Å². The highest BCUT2D eigenvalue weighted by atomic mass is 32.2. The van der Waals surface area contributed by atoms with Gasteiger partial charge in [-0.1, -0.05) is 25.1 Å². The van der Waals surface area contributed by atoms with Gasteiger partial charge in [-0.05, 0) is 48.2 Å². The largest absolute Gasteiger partial charge is 0.348 e. The van der Waals surface area contributed by atoms with Gasteiger partial charge in [0.15, 0.2) is 5.16 Å². The average molecular weight is 448 g/mol. The van der Waals surface area contributed by atoms with Crippen LogP contribution in [0.15, 0.2) is 75.8 Å². The summed E-state index contributed by atoms with van der Waals surface area (Å²) in [5.74, 6) is 1.49. The number of carbonyl (C=O) groups excluding carboxylic acids is 1. The Hall–Kier alpha value is -3.59. The van der Waals surface area contributed by atoms with Gasteiger partial charge in [0.05, 0.1) is 0 Å². The smallest absolute Gasteiger partial charge is 0.224 e. The lowest BCUT2D eigenvalue weighted by Crippen LogP contribution is -2.29. The molecule has 0 fully saturated rings. The monoisotopic (exact) mass is 447 g/mol. The molecule has 164 valence electrons. The number of rotatable bonds is 8. The van der Waals surface area contributed by atoms with Gasteiger partial charge in [-0.3, -0.25) is 10.2 Å². The molecule has 1 aliphatic heterocycles. The number of para-hydroxylation sites is 1. The van der Waals surface area contributed by atoms with Crippen molar-refractivity contribution in [1.29, 1.82) is 0 Å². The van der Waals surface area contributed by atoms with E-state index in [0.717, 1.165) is 34.3 Å². The van der Waals surface area contributed by atoms with Crippen molar-refractivity contribution >= 4 is 46.9 Å². The first-order valence-electron chi connectivity index (χ1n) is 10.4. The third-order valence-electron chi connectivity index (χ3n) is 4.83. The number of hydrogen-bond donors (Lipinski definition) is 3. The van der Waals surface area contributed by atoms with E-state index >= 15 is 0 Å². The van der Waals surface area contributed by atoms with E-state index in [1.54, 1.807) is 0 Å². The maximum Gasteiger partial charge on any atom is 0.224 e. The fourth-order valence-corrected chi connectivity index (χ4v) is 3.84. The highest BCUT2D eigenvalue weighted by Crippen LogP contribution is 2.31. The first kappa shape index (κ1) is 21.6. The Morgan fingerprint density at radius 2 is 1.94 bits per heavy atom. The fourth-order valence-electron chi connectivity index (χ4n) is 3.07. The minimum absolute atomic E-state index is 0.000841. The lowest BCUT2D eigenvalue weighted by atomic mass is 10.3. The van der Waals surface area contributed by atoms with Gasteiger partial charge < -0.3 is 15.5 Å². The second-order valence-electron chi connectivity index (χ2n) is 7.19. The molecule has 0 saturated carbocycles. The number of nitrogens with zero attached hydrogens (tertiary/aromatic N) is 4. The Kier molecular flexibility index (Phi) is 6.86. The van der Waals surface area contributed by atoms with Gasteiger partial charge in [0.25, 0.3) is 0 Å². The number of benzene rings is 2. The highest BCUT2D eigenvalue weighted by Gasteiger charge is 2.15. The minimum atomic E-state index is -0.00870. The minimum Gasteiger partial charge on any atom is -0.348 e. The summed E-state index contributed by atoms with van der Waals surface area (Å²) in [4.78, 5) is 24.1. The molecular weight excluding hydrogens is 422 g/mol. The van der Waals surface area contributed by atoms with Crippen LogP contribution < -0.4 is 21.0 Å². The molecule has 2 heterocycles. The van der Waals surface area contributed by atoms with Crippen molar-refractivity contribution in [3.8, 4) is 0 Å². The first-order chi connectivity index (χ1) is 15.6. The van der Waals surface area contributed by atoms with Crippen LogP contribution >= 0.6 is 11.8 Å². The van der Waals surface area contributed by atoms with Crippen molar-refractivity contribution in [1.82, 2.24) is 15.4 Å². The number of amides is 1. The van der Waals surface area contributed by atoms with Gasteiger partial charge >= 0.3 is 0 Å². The average Bonchev–Trinajstić information content (AvgIpc) is 3.33. The van der Waals surface area contributed by atoms with Crippen LogP contribution in [-0.2, 0) is 4.79 Å². The quantitative estimate of drug-likeness (QED) is 0.439. The lowest BCUT2D eigenvalue weighted by molar-refractivity contribution is -0.115. The zero-order chi connectivity index (χ0) is 22.3. The molecule has 9 heteroatoms. The van der Waals surface area contributed by atoms with Crippen LogP contribution in [0.1, 0.15) is 19.8 Å². The summed E-state index contributed by atoms with van der Waals surface area (Å²) in [6.45, 7) is 1.83. The number of nitrogens with one attached hydrogen (secondary N) is 3. The van der Waals surface area contributed by atoms with E-state index in [2.05, 4.69) is 21.2 Å². The van der Waals surface area contributed by atoms with Gasteiger partial charge in [0, 0.05) is 48.4 Å². The number of aromatic nitrogens is 2. The van der Waals surface area contributed by atoms with Crippen LogP contribution in [0.5, 0.6) is 0 Å². The molecule has 0 bridgehead atoms. The molecule has 1 aromatic heterocycles. The van der Waals surface area contributed by atoms with Crippen molar-refractivity contribution in [2.24, 2.45) is 5.10 Å². The molecule has 8 nitrogen and oxygen atoms in total. The summed E-state index contributed by atoms with van der Waals surface area (Å²) in [7, 11) is 1.98. The van der Waals surface area contributed by atoms with Crippen molar-refractivity contribution in [2.45, 2.75) is 36.0 Å². The molecule has 1 aliphatic rings. The van der Waals surface area contributed by atoms with E-state index in [1.165, 1.54) is 11.8 Å². The van der Waals surface area contributed by atoms with Gasteiger partial charge in [-0.2, -0.15) is 5.10 Å². The van der Waals surface area contributed by atoms with E-state index in [1.807, 2.05) is 85.7 Å². The number of carbonyl (C=O) groups is 1. The van der Waals surface area contributed by atoms with Crippen LogP contribution in [0.2, 0.25) is 0 Å². The molecule has 32 heavy (non-hydrogen) atoms. The van der Waals surface area contributed by atoms with Crippen molar-refractivity contribution in [3.63, 3.8) is 0 Å². The number of hydrazone groups is 1. The van der Waals surface area contributed by atoms with Gasteiger partial charge in [0.1, 0.15) is 17.8 Å².